The highest BCUT2D eigenvalue weighted by molar-refractivity contribution is 4.98. The molecule has 1 saturated heterocycles. The van der Waals surface area contributed by atoms with E-state index in [2.05, 4.69) is 33.6 Å². The SMILES string of the molecule is CC(C)NCc1cncn1CCCN1CCOCC1. The minimum absolute atomic E-state index is 0.511. The standard InChI is InChI=1S/C14H26N4O/c1-13(2)16-11-14-10-15-12-18(14)5-3-4-17-6-8-19-9-7-17/h10,12-13,16H,3-9,11H2,1-2H3. The molecular weight excluding hydrogens is 240 g/mol. The van der Waals surface area contributed by atoms with E-state index in [1.54, 1.807) is 0 Å². The fourth-order valence-corrected chi connectivity index (χ4v) is 2.29. The van der Waals surface area contributed by atoms with E-state index in [0.29, 0.717) is 6.04 Å². The number of aromatic nitrogens is 2. The van der Waals surface area contributed by atoms with Gasteiger partial charge in [0.05, 0.1) is 25.2 Å². The van der Waals surface area contributed by atoms with Crippen molar-refractivity contribution in [1.29, 1.82) is 0 Å². The van der Waals surface area contributed by atoms with E-state index in [1.807, 2.05) is 12.5 Å². The molecule has 2 heterocycles. The Morgan fingerprint density at radius 3 is 2.84 bits per heavy atom. The molecular formula is C14H26N4O. The second-order valence-corrected chi connectivity index (χ2v) is 5.42. The van der Waals surface area contributed by atoms with Gasteiger partial charge in [0.2, 0.25) is 0 Å². The van der Waals surface area contributed by atoms with Crippen molar-refractivity contribution in [2.75, 3.05) is 32.8 Å². The molecule has 1 aliphatic rings. The van der Waals surface area contributed by atoms with Gasteiger partial charge < -0.3 is 14.6 Å². The summed E-state index contributed by atoms with van der Waals surface area (Å²) in [7, 11) is 0. The first-order valence-corrected chi connectivity index (χ1v) is 7.28. The number of rotatable bonds is 7. The van der Waals surface area contributed by atoms with E-state index in [9.17, 15) is 0 Å². The van der Waals surface area contributed by atoms with Gasteiger partial charge in [0, 0.05) is 45.0 Å². The van der Waals surface area contributed by atoms with Crippen molar-refractivity contribution in [3.8, 4) is 0 Å². The maximum Gasteiger partial charge on any atom is 0.0948 e. The fourth-order valence-electron chi connectivity index (χ4n) is 2.29. The predicted octanol–water partition coefficient (Wildman–Crippen LogP) is 1.10. The van der Waals surface area contributed by atoms with Crippen LogP contribution in [0, 0.1) is 0 Å². The minimum atomic E-state index is 0.511. The average Bonchev–Trinajstić information content (AvgIpc) is 2.85. The van der Waals surface area contributed by atoms with Crippen molar-refractivity contribution in [3.63, 3.8) is 0 Å². The normalized spacial score (nSPS) is 17.2. The molecule has 1 N–H and O–H groups in total. The first kappa shape index (κ1) is 14.5. The van der Waals surface area contributed by atoms with Crippen LogP contribution >= 0.6 is 0 Å². The highest BCUT2D eigenvalue weighted by atomic mass is 16.5. The van der Waals surface area contributed by atoms with Gasteiger partial charge in [-0.1, -0.05) is 13.8 Å². The molecule has 1 fully saturated rings. The van der Waals surface area contributed by atoms with Crippen molar-refractivity contribution in [2.24, 2.45) is 0 Å². The quantitative estimate of drug-likeness (QED) is 0.802. The third-order valence-electron chi connectivity index (χ3n) is 3.47. The highest BCUT2D eigenvalue weighted by Gasteiger charge is 2.10. The molecule has 1 aromatic rings. The summed E-state index contributed by atoms with van der Waals surface area (Å²) in [5.41, 5.74) is 1.27. The number of aryl methyl sites for hydroxylation is 1. The van der Waals surface area contributed by atoms with Crippen LogP contribution in [0.25, 0.3) is 0 Å². The highest BCUT2D eigenvalue weighted by Crippen LogP contribution is 2.04. The largest absolute Gasteiger partial charge is 0.379 e. The zero-order chi connectivity index (χ0) is 13.5. The predicted molar refractivity (Wildman–Crippen MR) is 76.1 cm³/mol. The van der Waals surface area contributed by atoms with Crippen LogP contribution in [-0.2, 0) is 17.8 Å². The van der Waals surface area contributed by atoms with Crippen molar-refractivity contribution in [3.05, 3.63) is 18.2 Å². The summed E-state index contributed by atoms with van der Waals surface area (Å²) in [5.74, 6) is 0. The lowest BCUT2D eigenvalue weighted by molar-refractivity contribution is 0.0369. The first-order valence-electron chi connectivity index (χ1n) is 7.28. The summed E-state index contributed by atoms with van der Waals surface area (Å²) in [4.78, 5) is 6.73. The van der Waals surface area contributed by atoms with Gasteiger partial charge in [-0.05, 0) is 6.42 Å². The van der Waals surface area contributed by atoms with Crippen LogP contribution in [0.5, 0.6) is 0 Å². The Bertz CT molecular complexity index is 358. The second kappa shape index (κ2) is 7.62. The lowest BCUT2D eigenvalue weighted by Gasteiger charge is -2.26. The lowest BCUT2D eigenvalue weighted by atomic mass is 10.3. The number of ether oxygens (including phenoxy) is 1. The van der Waals surface area contributed by atoms with Gasteiger partial charge in [-0.15, -0.1) is 0 Å². The van der Waals surface area contributed by atoms with Gasteiger partial charge in [-0.2, -0.15) is 0 Å². The molecule has 0 radical (unpaired) electrons. The zero-order valence-corrected chi connectivity index (χ0v) is 12.1. The molecule has 5 nitrogen and oxygen atoms in total. The Morgan fingerprint density at radius 2 is 2.11 bits per heavy atom. The van der Waals surface area contributed by atoms with Crippen LogP contribution in [0.1, 0.15) is 26.0 Å². The van der Waals surface area contributed by atoms with Gasteiger partial charge in [0.25, 0.3) is 0 Å². The van der Waals surface area contributed by atoms with E-state index in [0.717, 1.165) is 45.9 Å². The molecule has 108 valence electrons. The van der Waals surface area contributed by atoms with Crippen LogP contribution in [0.3, 0.4) is 0 Å². The third kappa shape index (κ3) is 4.93. The van der Waals surface area contributed by atoms with Crippen molar-refractivity contribution >= 4 is 0 Å². The van der Waals surface area contributed by atoms with Crippen LogP contribution in [0.2, 0.25) is 0 Å². The van der Waals surface area contributed by atoms with Gasteiger partial charge >= 0.3 is 0 Å². The van der Waals surface area contributed by atoms with Gasteiger partial charge in [0.1, 0.15) is 0 Å². The Balaban J connectivity index is 1.71. The molecule has 19 heavy (non-hydrogen) atoms. The topological polar surface area (TPSA) is 42.3 Å². The molecule has 0 saturated carbocycles. The van der Waals surface area contributed by atoms with E-state index in [1.165, 1.54) is 12.1 Å². The molecule has 0 aromatic carbocycles. The van der Waals surface area contributed by atoms with Crippen molar-refractivity contribution in [1.82, 2.24) is 19.8 Å². The summed E-state index contributed by atoms with van der Waals surface area (Å²) >= 11 is 0. The monoisotopic (exact) mass is 266 g/mol. The van der Waals surface area contributed by atoms with E-state index in [4.69, 9.17) is 4.74 Å². The average molecular weight is 266 g/mol. The van der Waals surface area contributed by atoms with Crippen molar-refractivity contribution < 1.29 is 4.74 Å². The summed E-state index contributed by atoms with van der Waals surface area (Å²) in [5, 5.41) is 3.44. The first-order chi connectivity index (χ1) is 9.25. The molecule has 1 aliphatic heterocycles. The third-order valence-corrected chi connectivity index (χ3v) is 3.47. The van der Waals surface area contributed by atoms with E-state index < -0.39 is 0 Å². The van der Waals surface area contributed by atoms with Gasteiger partial charge in [0.15, 0.2) is 0 Å². The minimum Gasteiger partial charge on any atom is -0.379 e. The number of hydrogen-bond donors (Lipinski definition) is 1. The van der Waals surface area contributed by atoms with E-state index >= 15 is 0 Å². The summed E-state index contributed by atoms with van der Waals surface area (Å²) in [6.45, 7) is 11.3. The second-order valence-electron chi connectivity index (χ2n) is 5.42. The van der Waals surface area contributed by atoms with Crippen LogP contribution < -0.4 is 5.32 Å². The lowest BCUT2D eigenvalue weighted by Crippen LogP contribution is -2.37. The van der Waals surface area contributed by atoms with Crippen LogP contribution in [-0.4, -0.2) is 53.3 Å². The number of nitrogens with one attached hydrogen (secondary N) is 1. The summed E-state index contributed by atoms with van der Waals surface area (Å²) in [6, 6.07) is 0.511. The smallest absolute Gasteiger partial charge is 0.0948 e. The molecule has 0 bridgehead atoms. The molecule has 0 aliphatic carbocycles. The van der Waals surface area contributed by atoms with Gasteiger partial charge in [-0.3, -0.25) is 4.90 Å². The number of nitrogens with zero attached hydrogens (tertiary/aromatic N) is 3. The summed E-state index contributed by atoms with van der Waals surface area (Å²) in [6.07, 6.45) is 5.08. The molecule has 0 amide bonds. The number of morpholine rings is 1. The Morgan fingerprint density at radius 1 is 1.32 bits per heavy atom. The Kier molecular flexibility index (Phi) is 5.82. The zero-order valence-electron chi connectivity index (χ0n) is 12.1. The summed E-state index contributed by atoms with van der Waals surface area (Å²) < 4.78 is 7.62. The molecule has 0 atom stereocenters. The van der Waals surface area contributed by atoms with Crippen LogP contribution in [0.4, 0.5) is 0 Å². The Hall–Kier alpha value is -0.910. The van der Waals surface area contributed by atoms with Gasteiger partial charge in [-0.25, -0.2) is 4.98 Å². The van der Waals surface area contributed by atoms with Crippen molar-refractivity contribution in [2.45, 2.75) is 39.4 Å². The maximum absolute atomic E-state index is 5.36. The van der Waals surface area contributed by atoms with E-state index in [-0.39, 0.29) is 0 Å². The fraction of sp³-hybridized carbons (Fsp3) is 0.786. The number of hydrogen-bond acceptors (Lipinski definition) is 4. The van der Waals surface area contributed by atoms with Crippen LogP contribution in [0.15, 0.2) is 12.5 Å². The maximum atomic E-state index is 5.36. The molecule has 0 unspecified atom stereocenters. The molecule has 1 aromatic heterocycles. The molecule has 2 rings (SSSR count). The Labute approximate surface area is 116 Å². The number of imidazole rings is 1. The molecule has 5 heteroatoms. The molecule has 0 spiro atoms.